The molecule has 0 spiro atoms. The van der Waals surface area contributed by atoms with Crippen LogP contribution in [0.25, 0.3) is 0 Å². The lowest BCUT2D eigenvalue weighted by Crippen LogP contribution is -2.23. The van der Waals surface area contributed by atoms with Crippen LogP contribution in [-0.2, 0) is 9.47 Å². The van der Waals surface area contributed by atoms with Gasteiger partial charge in [0.2, 0.25) is 0 Å². The van der Waals surface area contributed by atoms with Gasteiger partial charge in [0.1, 0.15) is 11.4 Å². The lowest BCUT2D eigenvalue weighted by atomic mass is 10.0. The van der Waals surface area contributed by atoms with Crippen LogP contribution >= 0.6 is 0 Å². The molecular weight excluding hydrogens is 212 g/mol. The van der Waals surface area contributed by atoms with Crippen molar-refractivity contribution < 1.29 is 9.47 Å². The third-order valence-corrected chi connectivity index (χ3v) is 3.63. The quantitative estimate of drug-likeness (QED) is 0.677. The fourth-order valence-corrected chi connectivity index (χ4v) is 2.31. The maximum absolute atomic E-state index is 6.05. The molecule has 2 heterocycles. The molecule has 0 aromatic carbocycles. The van der Waals surface area contributed by atoms with Gasteiger partial charge in [-0.1, -0.05) is 6.08 Å². The molecule has 0 amide bonds. The van der Waals surface area contributed by atoms with Crippen molar-refractivity contribution in [1.29, 1.82) is 0 Å². The first-order chi connectivity index (χ1) is 7.85. The van der Waals surface area contributed by atoms with Gasteiger partial charge in [-0.05, 0) is 58.3 Å². The molecule has 94 valence electrons. The number of rotatable bonds is 2. The molecule has 0 N–H and O–H groups in total. The highest BCUT2D eigenvalue weighted by atomic mass is 16.5. The van der Waals surface area contributed by atoms with Crippen molar-refractivity contribution in [3.63, 3.8) is 0 Å². The van der Waals surface area contributed by atoms with Crippen LogP contribution < -0.4 is 0 Å². The zero-order valence-corrected chi connectivity index (χ0v) is 11.2. The molecule has 0 unspecified atom stereocenters. The number of allylic oxidation sites excluding steroid dienone is 1. The SMILES string of the molecule is C=C[C@@]1(C)CC[C@@H](/C(C)=C2\C=CC(C)(C)O2)O1. The van der Waals surface area contributed by atoms with E-state index in [0.717, 1.165) is 18.6 Å². The van der Waals surface area contributed by atoms with Crippen LogP contribution in [0.15, 0.2) is 36.1 Å². The van der Waals surface area contributed by atoms with Crippen LogP contribution in [0.2, 0.25) is 0 Å². The topological polar surface area (TPSA) is 18.5 Å². The van der Waals surface area contributed by atoms with Crippen molar-refractivity contribution in [2.24, 2.45) is 0 Å². The Morgan fingerprint density at radius 2 is 2.18 bits per heavy atom. The molecule has 0 bridgehead atoms. The molecule has 0 aliphatic carbocycles. The lowest BCUT2D eigenvalue weighted by Gasteiger charge is -2.23. The minimum absolute atomic E-state index is 0.159. The van der Waals surface area contributed by atoms with E-state index in [1.165, 1.54) is 5.57 Å². The summed E-state index contributed by atoms with van der Waals surface area (Å²) >= 11 is 0. The zero-order chi connectivity index (χ0) is 12.7. The maximum atomic E-state index is 6.05. The normalized spacial score (nSPS) is 38.0. The van der Waals surface area contributed by atoms with E-state index in [1.54, 1.807) is 0 Å². The van der Waals surface area contributed by atoms with E-state index in [1.807, 2.05) is 6.08 Å². The number of hydrogen-bond donors (Lipinski definition) is 0. The van der Waals surface area contributed by atoms with Gasteiger partial charge < -0.3 is 9.47 Å². The van der Waals surface area contributed by atoms with E-state index in [0.29, 0.717) is 0 Å². The van der Waals surface area contributed by atoms with E-state index >= 15 is 0 Å². The minimum Gasteiger partial charge on any atom is -0.484 e. The average molecular weight is 234 g/mol. The summed E-state index contributed by atoms with van der Waals surface area (Å²) in [5.41, 5.74) is 0.832. The van der Waals surface area contributed by atoms with Crippen LogP contribution in [0.3, 0.4) is 0 Å². The Bertz CT molecular complexity index is 390. The highest BCUT2D eigenvalue weighted by Gasteiger charge is 2.36. The van der Waals surface area contributed by atoms with Crippen LogP contribution in [0.5, 0.6) is 0 Å². The first kappa shape index (κ1) is 12.4. The van der Waals surface area contributed by atoms with Gasteiger partial charge in [0.15, 0.2) is 0 Å². The highest BCUT2D eigenvalue weighted by molar-refractivity contribution is 5.30. The Morgan fingerprint density at radius 3 is 2.65 bits per heavy atom. The average Bonchev–Trinajstić information content (AvgIpc) is 2.82. The standard InChI is InChI=1S/C15H22O2/c1-6-15(5)10-8-13(17-15)11(2)12-7-9-14(3,4)16-12/h6-7,9,13H,1,8,10H2,2-5H3/b12-11+/t13-,15-/m0/s1. The molecule has 0 saturated carbocycles. The van der Waals surface area contributed by atoms with Crippen molar-refractivity contribution in [3.8, 4) is 0 Å². The smallest absolute Gasteiger partial charge is 0.122 e. The fourth-order valence-electron chi connectivity index (χ4n) is 2.31. The Labute approximate surface area is 104 Å². The molecule has 2 nitrogen and oxygen atoms in total. The molecule has 2 rings (SSSR count). The van der Waals surface area contributed by atoms with Gasteiger partial charge >= 0.3 is 0 Å². The Kier molecular flexibility index (Phi) is 2.94. The van der Waals surface area contributed by atoms with E-state index in [9.17, 15) is 0 Å². The molecule has 0 radical (unpaired) electrons. The summed E-state index contributed by atoms with van der Waals surface area (Å²) < 4.78 is 11.9. The Balaban J connectivity index is 2.13. The van der Waals surface area contributed by atoms with E-state index in [2.05, 4.69) is 46.4 Å². The number of ether oxygens (including phenoxy) is 2. The summed E-state index contributed by atoms with van der Waals surface area (Å²) in [6.45, 7) is 12.2. The van der Waals surface area contributed by atoms with Gasteiger partial charge in [-0.25, -0.2) is 0 Å². The molecule has 17 heavy (non-hydrogen) atoms. The highest BCUT2D eigenvalue weighted by Crippen LogP contribution is 2.37. The molecular formula is C15H22O2. The van der Waals surface area contributed by atoms with E-state index in [-0.39, 0.29) is 17.3 Å². The molecule has 2 aliphatic rings. The molecule has 0 aromatic heterocycles. The van der Waals surface area contributed by atoms with Crippen LogP contribution in [0, 0.1) is 0 Å². The minimum atomic E-state index is -0.184. The van der Waals surface area contributed by atoms with Crippen LogP contribution in [0.4, 0.5) is 0 Å². The first-order valence-electron chi connectivity index (χ1n) is 6.26. The van der Waals surface area contributed by atoms with Crippen LogP contribution in [-0.4, -0.2) is 17.3 Å². The second kappa shape index (κ2) is 4.02. The van der Waals surface area contributed by atoms with E-state index < -0.39 is 0 Å². The second-order valence-electron chi connectivity index (χ2n) is 5.75. The molecule has 1 saturated heterocycles. The van der Waals surface area contributed by atoms with Gasteiger partial charge in [-0.15, -0.1) is 6.58 Å². The summed E-state index contributed by atoms with van der Waals surface area (Å²) in [5.74, 6) is 0.966. The lowest BCUT2D eigenvalue weighted by molar-refractivity contribution is 0.0176. The Morgan fingerprint density at radius 1 is 1.47 bits per heavy atom. The third kappa shape index (κ3) is 2.47. The summed E-state index contributed by atoms with van der Waals surface area (Å²) in [6.07, 6.45) is 8.27. The summed E-state index contributed by atoms with van der Waals surface area (Å²) in [7, 11) is 0. The molecule has 2 aliphatic heterocycles. The van der Waals surface area contributed by atoms with Crippen molar-refractivity contribution in [1.82, 2.24) is 0 Å². The molecule has 2 heteroatoms. The second-order valence-corrected chi connectivity index (χ2v) is 5.75. The van der Waals surface area contributed by atoms with E-state index in [4.69, 9.17) is 9.47 Å². The van der Waals surface area contributed by atoms with Gasteiger partial charge in [0.25, 0.3) is 0 Å². The van der Waals surface area contributed by atoms with Crippen molar-refractivity contribution in [3.05, 3.63) is 36.1 Å². The summed E-state index contributed by atoms with van der Waals surface area (Å²) in [6, 6.07) is 0. The molecule has 0 aromatic rings. The third-order valence-electron chi connectivity index (χ3n) is 3.63. The summed E-state index contributed by atoms with van der Waals surface area (Å²) in [4.78, 5) is 0. The molecule has 1 fully saturated rings. The summed E-state index contributed by atoms with van der Waals surface area (Å²) in [5, 5.41) is 0. The monoisotopic (exact) mass is 234 g/mol. The van der Waals surface area contributed by atoms with Gasteiger partial charge in [0.05, 0.1) is 11.7 Å². The maximum Gasteiger partial charge on any atom is 0.122 e. The van der Waals surface area contributed by atoms with Crippen molar-refractivity contribution >= 4 is 0 Å². The predicted molar refractivity (Wildman–Crippen MR) is 69.7 cm³/mol. The van der Waals surface area contributed by atoms with Gasteiger partial charge in [0, 0.05) is 0 Å². The van der Waals surface area contributed by atoms with Gasteiger partial charge in [-0.3, -0.25) is 0 Å². The zero-order valence-electron chi connectivity index (χ0n) is 11.2. The van der Waals surface area contributed by atoms with Crippen molar-refractivity contribution in [2.45, 2.75) is 57.8 Å². The van der Waals surface area contributed by atoms with Crippen molar-refractivity contribution in [2.75, 3.05) is 0 Å². The molecule has 2 atom stereocenters. The largest absolute Gasteiger partial charge is 0.484 e. The fraction of sp³-hybridized carbons (Fsp3) is 0.600. The number of hydrogen-bond acceptors (Lipinski definition) is 2. The van der Waals surface area contributed by atoms with Gasteiger partial charge in [-0.2, -0.15) is 0 Å². The van der Waals surface area contributed by atoms with Crippen LogP contribution in [0.1, 0.15) is 40.5 Å². The first-order valence-corrected chi connectivity index (χ1v) is 6.26. The predicted octanol–water partition coefficient (Wildman–Crippen LogP) is 3.75. The Hall–Kier alpha value is -1.02.